The molecule has 0 atom stereocenters. The van der Waals surface area contributed by atoms with E-state index in [2.05, 4.69) is 4.98 Å². The van der Waals surface area contributed by atoms with Crippen LogP contribution in [-0.4, -0.2) is 34.2 Å². The summed E-state index contributed by atoms with van der Waals surface area (Å²) in [7, 11) is 1.26. The van der Waals surface area contributed by atoms with Gasteiger partial charge >= 0.3 is 11.7 Å². The maximum atomic E-state index is 12.7. The van der Waals surface area contributed by atoms with Crippen molar-refractivity contribution in [3.63, 3.8) is 0 Å². The first kappa shape index (κ1) is 18.4. The Balaban J connectivity index is 2.98. The number of carbonyl (C=O) groups excluding carboxylic acids is 1. The maximum absolute atomic E-state index is 12.7. The van der Waals surface area contributed by atoms with Crippen LogP contribution < -0.4 is 10.2 Å². The minimum atomic E-state index is -0.786. The highest BCUT2D eigenvalue weighted by molar-refractivity contribution is 5.93. The van der Waals surface area contributed by atoms with Gasteiger partial charge in [0, 0.05) is 17.8 Å². The number of esters is 1. The minimum absolute atomic E-state index is 0.0482. The van der Waals surface area contributed by atoms with E-state index in [4.69, 9.17) is 9.47 Å². The van der Waals surface area contributed by atoms with Crippen molar-refractivity contribution in [1.82, 2.24) is 9.55 Å². The quantitative estimate of drug-likeness (QED) is 0.472. The Kier molecular flexibility index (Phi) is 4.78. The summed E-state index contributed by atoms with van der Waals surface area (Å²) in [6.07, 6.45) is 1.36. The summed E-state index contributed by atoms with van der Waals surface area (Å²) in [5.41, 5.74) is -1.69. The molecule has 0 aliphatic rings. The van der Waals surface area contributed by atoms with Crippen LogP contribution in [0.15, 0.2) is 17.1 Å². The molecule has 0 aromatic carbocycles. The third-order valence-electron chi connectivity index (χ3n) is 3.53. The highest BCUT2D eigenvalue weighted by Crippen LogP contribution is 2.29. The molecule has 0 N–H and O–H groups in total. The third kappa shape index (κ3) is 3.30. The summed E-state index contributed by atoms with van der Waals surface area (Å²) < 4.78 is 11.5. The fraction of sp³-hybridized carbons (Fsp3) is 0.438. The zero-order valence-electron chi connectivity index (χ0n) is 14.7. The van der Waals surface area contributed by atoms with Crippen molar-refractivity contribution in [2.75, 3.05) is 13.7 Å². The number of hydrogen-bond donors (Lipinski definition) is 0. The third-order valence-corrected chi connectivity index (χ3v) is 3.53. The number of fused-ring (bicyclic) bond motifs is 1. The van der Waals surface area contributed by atoms with Crippen molar-refractivity contribution >= 4 is 22.7 Å². The van der Waals surface area contributed by atoms with Crippen molar-refractivity contribution in [3.05, 3.63) is 38.2 Å². The Morgan fingerprint density at radius 3 is 2.52 bits per heavy atom. The molecule has 0 fully saturated rings. The highest BCUT2D eigenvalue weighted by atomic mass is 16.6. The summed E-state index contributed by atoms with van der Waals surface area (Å²) in [6, 6.07) is 1.08. The number of rotatable bonds is 4. The van der Waals surface area contributed by atoms with Gasteiger partial charge < -0.3 is 14.0 Å². The van der Waals surface area contributed by atoms with Crippen LogP contribution in [0.4, 0.5) is 5.69 Å². The predicted molar refractivity (Wildman–Crippen MR) is 90.2 cm³/mol. The molecule has 2 heterocycles. The fourth-order valence-electron chi connectivity index (χ4n) is 2.37. The van der Waals surface area contributed by atoms with Crippen molar-refractivity contribution in [3.8, 4) is 5.88 Å². The van der Waals surface area contributed by atoms with Crippen molar-refractivity contribution in [2.24, 2.45) is 0 Å². The molecule has 0 saturated carbocycles. The van der Waals surface area contributed by atoms with Crippen LogP contribution in [0.3, 0.4) is 0 Å². The fourth-order valence-corrected chi connectivity index (χ4v) is 2.37. The number of hydrogen-bond acceptors (Lipinski definition) is 7. The van der Waals surface area contributed by atoms with Crippen LogP contribution in [0.2, 0.25) is 0 Å². The Hall–Kier alpha value is -2.97. The van der Waals surface area contributed by atoms with Gasteiger partial charge in [-0.15, -0.1) is 0 Å². The van der Waals surface area contributed by atoms with E-state index in [1.165, 1.54) is 13.3 Å². The van der Waals surface area contributed by atoms with Gasteiger partial charge in [-0.1, -0.05) is 0 Å². The molecule has 9 nitrogen and oxygen atoms in total. The topological polar surface area (TPSA) is 114 Å². The Labute approximate surface area is 143 Å². The molecule has 0 aliphatic carbocycles. The molecule has 2 rings (SSSR count). The lowest BCUT2D eigenvalue weighted by molar-refractivity contribution is -0.386. The monoisotopic (exact) mass is 349 g/mol. The Morgan fingerprint density at radius 2 is 2.04 bits per heavy atom. The van der Waals surface area contributed by atoms with E-state index in [0.29, 0.717) is 0 Å². The minimum Gasteiger partial charge on any atom is -0.476 e. The first-order valence-corrected chi connectivity index (χ1v) is 7.58. The van der Waals surface area contributed by atoms with Crippen LogP contribution >= 0.6 is 0 Å². The molecule has 0 saturated heterocycles. The molecule has 0 aliphatic heterocycles. The van der Waals surface area contributed by atoms with E-state index in [1.807, 2.05) is 20.8 Å². The summed E-state index contributed by atoms with van der Waals surface area (Å²) >= 11 is 0. The van der Waals surface area contributed by atoms with Crippen LogP contribution in [0, 0.1) is 10.1 Å². The van der Waals surface area contributed by atoms with Gasteiger partial charge in [0.15, 0.2) is 0 Å². The van der Waals surface area contributed by atoms with Gasteiger partial charge in [-0.05, 0) is 27.7 Å². The molecule has 0 unspecified atom stereocenters. The molecule has 0 amide bonds. The number of methoxy groups -OCH3 is 1. The molecule has 2 aromatic rings. The van der Waals surface area contributed by atoms with Crippen molar-refractivity contribution < 1.29 is 19.2 Å². The van der Waals surface area contributed by atoms with Gasteiger partial charge in [0.2, 0.25) is 5.43 Å². The number of pyridine rings is 2. The second-order valence-corrected chi connectivity index (χ2v) is 6.28. The van der Waals surface area contributed by atoms with Gasteiger partial charge in [0.1, 0.15) is 11.2 Å². The number of aromatic nitrogens is 2. The lowest BCUT2D eigenvalue weighted by Gasteiger charge is -2.25. The molecule has 0 radical (unpaired) electrons. The first-order valence-electron chi connectivity index (χ1n) is 7.58. The summed E-state index contributed by atoms with van der Waals surface area (Å²) in [6.45, 7) is 7.27. The first-order chi connectivity index (χ1) is 11.6. The van der Waals surface area contributed by atoms with E-state index in [1.54, 1.807) is 11.5 Å². The second kappa shape index (κ2) is 6.50. The standard InChI is InChI=1S/C16H19N3O6/c1-6-25-15(21)10-8-18(16(2,3)4)13-9(12(10)20)7-11(19(22)23)14(17-13)24-5/h7-8H,6H2,1-5H3. The molecule has 25 heavy (non-hydrogen) atoms. The van der Waals surface area contributed by atoms with E-state index < -0.39 is 27.5 Å². The van der Waals surface area contributed by atoms with Crippen LogP contribution in [0.25, 0.3) is 11.0 Å². The van der Waals surface area contributed by atoms with Crippen LogP contribution in [0.1, 0.15) is 38.1 Å². The SMILES string of the molecule is CCOC(=O)c1cn(C(C)(C)C)c2nc(OC)c([N+](=O)[O-])cc2c1=O. The molecule has 2 aromatic heterocycles. The summed E-state index contributed by atoms with van der Waals surface area (Å²) in [5, 5.41) is 11.2. The summed E-state index contributed by atoms with van der Waals surface area (Å²) in [5.74, 6) is -0.996. The lowest BCUT2D eigenvalue weighted by atomic mass is 10.1. The van der Waals surface area contributed by atoms with E-state index in [9.17, 15) is 19.7 Å². The van der Waals surface area contributed by atoms with Gasteiger partial charge in [-0.2, -0.15) is 4.98 Å². The zero-order valence-corrected chi connectivity index (χ0v) is 14.7. The Bertz CT molecular complexity index is 911. The average Bonchev–Trinajstić information content (AvgIpc) is 2.52. The van der Waals surface area contributed by atoms with Gasteiger partial charge in [0.05, 0.1) is 24.0 Å². The van der Waals surface area contributed by atoms with Crippen molar-refractivity contribution in [2.45, 2.75) is 33.2 Å². The van der Waals surface area contributed by atoms with Gasteiger partial charge in [-0.3, -0.25) is 14.9 Å². The van der Waals surface area contributed by atoms with Crippen molar-refractivity contribution in [1.29, 1.82) is 0 Å². The Morgan fingerprint density at radius 1 is 1.40 bits per heavy atom. The molecular weight excluding hydrogens is 330 g/mol. The molecule has 9 heteroatoms. The number of ether oxygens (including phenoxy) is 2. The number of nitrogens with zero attached hydrogens (tertiary/aromatic N) is 3. The molecule has 0 spiro atoms. The zero-order chi connectivity index (χ0) is 18.9. The second-order valence-electron chi connectivity index (χ2n) is 6.28. The largest absolute Gasteiger partial charge is 0.476 e. The number of carbonyl (C=O) groups is 1. The van der Waals surface area contributed by atoms with Crippen LogP contribution in [-0.2, 0) is 10.3 Å². The maximum Gasteiger partial charge on any atom is 0.343 e. The smallest absolute Gasteiger partial charge is 0.343 e. The van der Waals surface area contributed by atoms with E-state index in [0.717, 1.165) is 6.07 Å². The summed E-state index contributed by atoms with van der Waals surface area (Å²) in [4.78, 5) is 39.5. The normalized spacial score (nSPS) is 11.4. The molecule has 0 bridgehead atoms. The van der Waals surface area contributed by atoms with Crippen LogP contribution in [0.5, 0.6) is 5.88 Å². The number of nitro groups is 1. The predicted octanol–water partition coefficient (Wildman–Crippen LogP) is 2.25. The van der Waals surface area contributed by atoms with Gasteiger partial charge in [0.25, 0.3) is 5.88 Å². The molecular formula is C16H19N3O6. The van der Waals surface area contributed by atoms with E-state index in [-0.39, 0.29) is 29.1 Å². The molecule has 134 valence electrons. The average molecular weight is 349 g/mol. The lowest BCUT2D eigenvalue weighted by Crippen LogP contribution is -2.29. The van der Waals surface area contributed by atoms with Gasteiger partial charge in [-0.25, -0.2) is 4.79 Å². The van der Waals surface area contributed by atoms with E-state index >= 15 is 0 Å². The highest BCUT2D eigenvalue weighted by Gasteiger charge is 2.27.